The van der Waals surface area contributed by atoms with Crippen LogP contribution in [0.5, 0.6) is 0 Å². The molecule has 1 heterocycles. The highest BCUT2D eigenvalue weighted by Gasteiger charge is 2.22. The molecule has 1 aromatic heterocycles. The monoisotopic (exact) mass is 398 g/mol. The molecule has 1 fully saturated rings. The number of hydrogen-bond acceptors (Lipinski definition) is 3. The van der Waals surface area contributed by atoms with Crippen molar-refractivity contribution in [3.8, 4) is 0 Å². The predicted octanol–water partition coefficient (Wildman–Crippen LogP) is 3.88. The van der Waals surface area contributed by atoms with Crippen molar-refractivity contribution < 1.29 is 9.59 Å². The first-order valence-corrected chi connectivity index (χ1v) is 11.1. The summed E-state index contributed by atoms with van der Waals surface area (Å²) >= 11 is 0. The van der Waals surface area contributed by atoms with Crippen LogP contribution in [0.15, 0.2) is 24.3 Å². The number of rotatable bonds is 9. The second-order valence-corrected chi connectivity index (χ2v) is 8.04. The number of nitrogens with zero attached hydrogens (tertiary/aromatic N) is 3. The van der Waals surface area contributed by atoms with Crippen LogP contribution < -0.4 is 5.32 Å². The Morgan fingerprint density at radius 2 is 1.79 bits per heavy atom. The molecule has 29 heavy (non-hydrogen) atoms. The second-order valence-electron chi connectivity index (χ2n) is 8.04. The van der Waals surface area contributed by atoms with E-state index in [4.69, 9.17) is 4.98 Å². The maximum atomic E-state index is 13.0. The Bertz CT molecular complexity index is 817. The van der Waals surface area contributed by atoms with Crippen LogP contribution in [0.2, 0.25) is 0 Å². The molecule has 0 spiro atoms. The van der Waals surface area contributed by atoms with E-state index in [2.05, 4.69) is 19.2 Å². The zero-order valence-corrected chi connectivity index (χ0v) is 17.8. The van der Waals surface area contributed by atoms with Crippen molar-refractivity contribution in [2.45, 2.75) is 71.9 Å². The van der Waals surface area contributed by atoms with Crippen molar-refractivity contribution in [2.24, 2.45) is 5.92 Å². The molecule has 1 aliphatic rings. The van der Waals surface area contributed by atoms with Crippen LogP contribution in [0, 0.1) is 5.92 Å². The van der Waals surface area contributed by atoms with E-state index in [1.165, 1.54) is 6.42 Å². The summed E-state index contributed by atoms with van der Waals surface area (Å²) in [6, 6.07) is 7.86. The van der Waals surface area contributed by atoms with E-state index in [0.29, 0.717) is 6.54 Å². The van der Waals surface area contributed by atoms with Crippen LogP contribution in [0.4, 0.5) is 0 Å². The molecule has 0 unspecified atom stereocenters. The van der Waals surface area contributed by atoms with E-state index < -0.39 is 0 Å². The number of para-hydroxylation sites is 2. The molecular formula is C23H34N4O2. The van der Waals surface area contributed by atoms with E-state index >= 15 is 0 Å². The summed E-state index contributed by atoms with van der Waals surface area (Å²) < 4.78 is 1.97. The van der Waals surface area contributed by atoms with Crippen LogP contribution in [0.3, 0.4) is 0 Å². The van der Waals surface area contributed by atoms with Gasteiger partial charge in [-0.05, 0) is 37.8 Å². The molecule has 6 heteroatoms. The van der Waals surface area contributed by atoms with E-state index in [1.54, 1.807) is 0 Å². The number of carbonyl (C=O) groups excluding carboxylic acids is 2. The van der Waals surface area contributed by atoms with Crippen LogP contribution in [0.25, 0.3) is 11.0 Å². The van der Waals surface area contributed by atoms with Gasteiger partial charge in [-0.15, -0.1) is 0 Å². The van der Waals surface area contributed by atoms with E-state index in [1.807, 2.05) is 33.7 Å². The van der Waals surface area contributed by atoms with Gasteiger partial charge in [-0.25, -0.2) is 4.98 Å². The zero-order chi connectivity index (χ0) is 20.6. The fourth-order valence-electron chi connectivity index (χ4n) is 4.25. The predicted molar refractivity (Wildman–Crippen MR) is 115 cm³/mol. The minimum absolute atomic E-state index is 0.108. The van der Waals surface area contributed by atoms with Crippen LogP contribution in [-0.2, 0) is 22.7 Å². The van der Waals surface area contributed by atoms with Crippen molar-refractivity contribution in [3.05, 3.63) is 30.1 Å². The maximum absolute atomic E-state index is 13.0. The molecule has 6 nitrogen and oxygen atoms in total. The van der Waals surface area contributed by atoms with Gasteiger partial charge in [-0.1, -0.05) is 45.2 Å². The van der Waals surface area contributed by atoms with Gasteiger partial charge < -0.3 is 14.8 Å². The molecule has 1 N–H and O–H groups in total. The van der Waals surface area contributed by atoms with Gasteiger partial charge in [0.25, 0.3) is 0 Å². The number of imidazole rings is 1. The molecule has 0 bridgehead atoms. The number of fused-ring (bicyclic) bond motifs is 1. The van der Waals surface area contributed by atoms with E-state index in [9.17, 15) is 9.59 Å². The summed E-state index contributed by atoms with van der Waals surface area (Å²) in [5, 5.41) is 3.08. The number of amides is 2. The largest absolute Gasteiger partial charge is 0.349 e. The highest BCUT2D eigenvalue weighted by Crippen LogP contribution is 2.24. The van der Waals surface area contributed by atoms with Crippen molar-refractivity contribution in [1.82, 2.24) is 19.8 Å². The van der Waals surface area contributed by atoms with Crippen molar-refractivity contribution in [2.75, 3.05) is 13.1 Å². The van der Waals surface area contributed by atoms with Gasteiger partial charge in [0, 0.05) is 19.0 Å². The zero-order valence-electron chi connectivity index (χ0n) is 17.8. The summed E-state index contributed by atoms with van der Waals surface area (Å²) in [5.74, 6) is 1.09. The van der Waals surface area contributed by atoms with Gasteiger partial charge in [-0.3, -0.25) is 9.59 Å². The fraction of sp³-hybridized carbons (Fsp3) is 0.609. The number of carbonyl (C=O) groups is 2. The lowest BCUT2D eigenvalue weighted by Crippen LogP contribution is -2.36. The molecule has 2 aromatic rings. The Morgan fingerprint density at radius 1 is 1.10 bits per heavy atom. The summed E-state index contributed by atoms with van der Waals surface area (Å²) in [5.41, 5.74) is 1.80. The normalized spacial score (nSPS) is 14.8. The minimum Gasteiger partial charge on any atom is -0.349 e. The Labute approximate surface area is 173 Å². The Kier molecular flexibility index (Phi) is 7.67. The van der Waals surface area contributed by atoms with Gasteiger partial charge >= 0.3 is 0 Å². The van der Waals surface area contributed by atoms with Gasteiger partial charge in [0.15, 0.2) is 0 Å². The summed E-state index contributed by atoms with van der Waals surface area (Å²) in [6.07, 6.45) is 7.34. The standard InChI is InChI=1S/C23H34N4O2/c1-3-14-26(15-4-2)22(28)17-27-20-13-9-8-12-19(20)25-21(27)16-24-23(29)18-10-6-5-7-11-18/h8-9,12-13,18H,3-7,10-11,14-17H2,1-2H3,(H,24,29). The molecule has 0 atom stereocenters. The van der Waals surface area contributed by atoms with Gasteiger partial charge in [0.2, 0.25) is 11.8 Å². The molecule has 1 saturated carbocycles. The Balaban J connectivity index is 1.76. The number of hydrogen-bond donors (Lipinski definition) is 1. The average molecular weight is 399 g/mol. The summed E-state index contributed by atoms with van der Waals surface area (Å²) in [4.78, 5) is 32.2. The first-order valence-electron chi connectivity index (χ1n) is 11.1. The molecule has 1 aromatic carbocycles. The quantitative estimate of drug-likeness (QED) is 0.697. The molecule has 0 saturated heterocycles. The number of nitrogens with one attached hydrogen (secondary N) is 1. The minimum atomic E-state index is 0.108. The van der Waals surface area contributed by atoms with Gasteiger partial charge in [0.1, 0.15) is 12.4 Å². The topological polar surface area (TPSA) is 67.2 Å². The summed E-state index contributed by atoms with van der Waals surface area (Å²) in [6.45, 7) is 6.34. The molecule has 2 amide bonds. The first-order chi connectivity index (χ1) is 14.1. The highest BCUT2D eigenvalue weighted by atomic mass is 16.2. The van der Waals surface area contributed by atoms with Crippen molar-refractivity contribution in [3.63, 3.8) is 0 Å². The third-order valence-electron chi connectivity index (χ3n) is 5.76. The number of benzene rings is 1. The van der Waals surface area contributed by atoms with Crippen molar-refractivity contribution in [1.29, 1.82) is 0 Å². The summed E-state index contributed by atoms with van der Waals surface area (Å²) in [7, 11) is 0. The smallest absolute Gasteiger partial charge is 0.242 e. The lowest BCUT2D eigenvalue weighted by Gasteiger charge is -2.23. The maximum Gasteiger partial charge on any atom is 0.242 e. The van der Waals surface area contributed by atoms with Gasteiger partial charge in [-0.2, -0.15) is 0 Å². The third-order valence-corrected chi connectivity index (χ3v) is 5.76. The molecule has 0 aliphatic heterocycles. The lowest BCUT2D eigenvalue weighted by atomic mass is 9.89. The average Bonchev–Trinajstić information content (AvgIpc) is 3.10. The first kappa shape index (κ1) is 21.3. The highest BCUT2D eigenvalue weighted by molar-refractivity contribution is 5.82. The second kappa shape index (κ2) is 10.4. The molecule has 3 rings (SSSR count). The molecule has 0 radical (unpaired) electrons. The molecule has 158 valence electrons. The molecular weight excluding hydrogens is 364 g/mol. The Hall–Kier alpha value is -2.37. The third kappa shape index (κ3) is 5.37. The number of aromatic nitrogens is 2. The van der Waals surface area contributed by atoms with Crippen LogP contribution in [0.1, 0.15) is 64.6 Å². The lowest BCUT2D eigenvalue weighted by molar-refractivity contribution is -0.131. The fourth-order valence-corrected chi connectivity index (χ4v) is 4.25. The molecule has 1 aliphatic carbocycles. The van der Waals surface area contributed by atoms with Crippen LogP contribution >= 0.6 is 0 Å². The van der Waals surface area contributed by atoms with Crippen LogP contribution in [-0.4, -0.2) is 39.4 Å². The Morgan fingerprint density at radius 3 is 2.48 bits per heavy atom. The van der Waals surface area contributed by atoms with E-state index in [0.717, 1.165) is 68.5 Å². The van der Waals surface area contributed by atoms with Gasteiger partial charge in [0.05, 0.1) is 17.6 Å². The SMILES string of the molecule is CCCN(CCC)C(=O)Cn1c(CNC(=O)C2CCCCC2)nc2ccccc21. The van der Waals surface area contributed by atoms with E-state index in [-0.39, 0.29) is 24.3 Å². The van der Waals surface area contributed by atoms with Crippen molar-refractivity contribution >= 4 is 22.8 Å².